The fourth-order valence-corrected chi connectivity index (χ4v) is 1.85. The van der Waals surface area contributed by atoms with Gasteiger partial charge in [0, 0.05) is 25.8 Å². The summed E-state index contributed by atoms with van der Waals surface area (Å²) in [6.07, 6.45) is 0. The van der Waals surface area contributed by atoms with Gasteiger partial charge < -0.3 is 10.5 Å². The van der Waals surface area contributed by atoms with Crippen LogP contribution in [0.3, 0.4) is 0 Å². The van der Waals surface area contributed by atoms with Crippen molar-refractivity contribution < 1.29 is 4.74 Å². The molecule has 3 N–H and O–H groups in total. The molecule has 0 aliphatic heterocycles. The van der Waals surface area contributed by atoms with E-state index < -0.39 is 0 Å². The molecule has 0 spiro atoms. The Hall–Kier alpha value is -1.39. The summed E-state index contributed by atoms with van der Waals surface area (Å²) in [6, 6.07) is 5.94. The van der Waals surface area contributed by atoms with Gasteiger partial charge in [-0.2, -0.15) is 0 Å². The van der Waals surface area contributed by atoms with Crippen LogP contribution in [0.2, 0.25) is 0 Å². The van der Waals surface area contributed by atoms with Crippen LogP contribution in [-0.2, 0) is 11.3 Å². The SMILES string of the molecule is CCN(CCOC)Cc1ccc(C(=N)N)cc1C. The molecule has 0 fully saturated rings. The van der Waals surface area contributed by atoms with E-state index in [2.05, 4.69) is 24.8 Å². The van der Waals surface area contributed by atoms with Gasteiger partial charge >= 0.3 is 0 Å². The number of aryl methyl sites for hydroxylation is 1. The molecule has 1 aromatic carbocycles. The minimum Gasteiger partial charge on any atom is -0.384 e. The van der Waals surface area contributed by atoms with Crippen LogP contribution in [0, 0.1) is 12.3 Å². The number of benzene rings is 1. The summed E-state index contributed by atoms with van der Waals surface area (Å²) in [5.74, 6) is 0.122. The number of likely N-dealkylation sites (N-methyl/N-ethyl adjacent to an activating group) is 1. The number of hydrogen-bond donors (Lipinski definition) is 2. The van der Waals surface area contributed by atoms with E-state index >= 15 is 0 Å². The molecule has 0 radical (unpaired) electrons. The number of nitrogens with zero attached hydrogens (tertiary/aromatic N) is 1. The maximum Gasteiger partial charge on any atom is 0.122 e. The second-order valence-electron chi connectivity index (χ2n) is 4.42. The van der Waals surface area contributed by atoms with Crippen molar-refractivity contribution in [1.29, 1.82) is 5.41 Å². The zero-order chi connectivity index (χ0) is 13.5. The third kappa shape index (κ3) is 4.13. The molecule has 0 heterocycles. The van der Waals surface area contributed by atoms with Crippen molar-refractivity contribution in [3.63, 3.8) is 0 Å². The van der Waals surface area contributed by atoms with Crippen LogP contribution >= 0.6 is 0 Å². The van der Waals surface area contributed by atoms with Gasteiger partial charge in [-0.15, -0.1) is 0 Å². The summed E-state index contributed by atoms with van der Waals surface area (Å²) in [5, 5.41) is 7.42. The Morgan fingerprint density at radius 2 is 2.17 bits per heavy atom. The first-order valence-electron chi connectivity index (χ1n) is 6.23. The lowest BCUT2D eigenvalue weighted by Crippen LogP contribution is -2.27. The number of methoxy groups -OCH3 is 1. The van der Waals surface area contributed by atoms with Crippen molar-refractivity contribution in [1.82, 2.24) is 4.90 Å². The second kappa shape index (κ2) is 7.13. The Labute approximate surface area is 109 Å². The van der Waals surface area contributed by atoms with Crippen LogP contribution in [0.4, 0.5) is 0 Å². The van der Waals surface area contributed by atoms with Gasteiger partial charge in [-0.25, -0.2) is 0 Å². The lowest BCUT2D eigenvalue weighted by Gasteiger charge is -2.21. The summed E-state index contributed by atoms with van der Waals surface area (Å²) < 4.78 is 5.11. The van der Waals surface area contributed by atoms with E-state index in [-0.39, 0.29) is 5.84 Å². The summed E-state index contributed by atoms with van der Waals surface area (Å²) in [7, 11) is 1.72. The zero-order valence-electron chi connectivity index (χ0n) is 11.5. The highest BCUT2D eigenvalue weighted by Crippen LogP contribution is 2.13. The summed E-state index contributed by atoms with van der Waals surface area (Å²) in [6.45, 7) is 7.79. The van der Waals surface area contributed by atoms with E-state index in [9.17, 15) is 0 Å². The van der Waals surface area contributed by atoms with Crippen LogP contribution < -0.4 is 5.73 Å². The maximum absolute atomic E-state index is 7.42. The maximum atomic E-state index is 7.42. The Balaban J connectivity index is 2.74. The zero-order valence-corrected chi connectivity index (χ0v) is 11.5. The Morgan fingerprint density at radius 3 is 2.67 bits per heavy atom. The highest BCUT2D eigenvalue weighted by Gasteiger charge is 2.07. The lowest BCUT2D eigenvalue weighted by atomic mass is 10.0. The van der Waals surface area contributed by atoms with Crippen molar-refractivity contribution in [2.75, 3.05) is 26.8 Å². The minimum absolute atomic E-state index is 0.122. The number of nitrogens with two attached hydrogens (primary N) is 1. The molecule has 0 bridgehead atoms. The molecule has 4 nitrogen and oxygen atoms in total. The molecule has 0 aliphatic carbocycles. The third-order valence-electron chi connectivity index (χ3n) is 3.11. The van der Waals surface area contributed by atoms with Crippen molar-refractivity contribution >= 4 is 5.84 Å². The molecule has 0 atom stereocenters. The first-order chi connectivity index (χ1) is 8.58. The number of rotatable bonds is 7. The summed E-state index contributed by atoms with van der Waals surface area (Å²) in [4.78, 5) is 2.33. The van der Waals surface area contributed by atoms with Gasteiger partial charge in [0.2, 0.25) is 0 Å². The molecule has 1 rings (SSSR count). The van der Waals surface area contributed by atoms with Crippen LogP contribution in [0.15, 0.2) is 18.2 Å². The van der Waals surface area contributed by atoms with Crippen molar-refractivity contribution in [3.8, 4) is 0 Å². The van der Waals surface area contributed by atoms with E-state index in [1.807, 2.05) is 12.1 Å². The quantitative estimate of drug-likeness (QED) is 0.571. The van der Waals surface area contributed by atoms with E-state index in [0.29, 0.717) is 0 Å². The second-order valence-corrected chi connectivity index (χ2v) is 4.42. The van der Waals surface area contributed by atoms with Gasteiger partial charge in [0.25, 0.3) is 0 Å². The molecule has 0 aromatic heterocycles. The molecular weight excluding hydrogens is 226 g/mol. The first kappa shape index (κ1) is 14.7. The third-order valence-corrected chi connectivity index (χ3v) is 3.11. The highest BCUT2D eigenvalue weighted by atomic mass is 16.5. The predicted octanol–water partition coefficient (Wildman–Crippen LogP) is 1.75. The lowest BCUT2D eigenvalue weighted by molar-refractivity contribution is 0.147. The standard InChI is InChI=1S/C14H23N3O/c1-4-17(7-8-18-3)10-13-6-5-12(14(15)16)9-11(13)2/h5-6,9H,4,7-8,10H2,1-3H3,(H3,15,16). The van der Waals surface area contributed by atoms with Gasteiger partial charge in [-0.05, 0) is 30.7 Å². The normalized spacial score (nSPS) is 10.9. The van der Waals surface area contributed by atoms with Gasteiger partial charge in [-0.1, -0.05) is 19.1 Å². The molecule has 0 saturated carbocycles. The van der Waals surface area contributed by atoms with E-state index in [1.54, 1.807) is 7.11 Å². The number of hydrogen-bond acceptors (Lipinski definition) is 3. The molecule has 1 aromatic rings. The smallest absolute Gasteiger partial charge is 0.122 e. The minimum atomic E-state index is 0.122. The molecule has 0 aliphatic rings. The molecule has 18 heavy (non-hydrogen) atoms. The van der Waals surface area contributed by atoms with E-state index in [4.69, 9.17) is 15.9 Å². The fraction of sp³-hybridized carbons (Fsp3) is 0.500. The average Bonchev–Trinajstić information content (AvgIpc) is 2.35. The first-order valence-corrected chi connectivity index (χ1v) is 6.23. The topological polar surface area (TPSA) is 62.3 Å². The van der Waals surface area contributed by atoms with Gasteiger partial charge in [0.1, 0.15) is 5.84 Å². The van der Waals surface area contributed by atoms with Crippen LogP contribution in [0.1, 0.15) is 23.6 Å². The van der Waals surface area contributed by atoms with Gasteiger partial charge in [-0.3, -0.25) is 10.3 Å². The van der Waals surface area contributed by atoms with Crippen molar-refractivity contribution in [2.45, 2.75) is 20.4 Å². The molecule has 0 unspecified atom stereocenters. The Morgan fingerprint density at radius 1 is 1.44 bits per heavy atom. The number of nitrogen functional groups attached to an aromatic ring is 1. The molecule has 0 amide bonds. The largest absolute Gasteiger partial charge is 0.384 e. The number of amidine groups is 1. The van der Waals surface area contributed by atoms with Crippen LogP contribution in [-0.4, -0.2) is 37.5 Å². The average molecular weight is 249 g/mol. The molecule has 4 heteroatoms. The van der Waals surface area contributed by atoms with Crippen LogP contribution in [0.5, 0.6) is 0 Å². The monoisotopic (exact) mass is 249 g/mol. The van der Waals surface area contributed by atoms with E-state index in [1.165, 1.54) is 11.1 Å². The van der Waals surface area contributed by atoms with Crippen molar-refractivity contribution in [3.05, 3.63) is 34.9 Å². The Bertz CT molecular complexity index is 404. The van der Waals surface area contributed by atoms with Crippen LogP contribution in [0.25, 0.3) is 0 Å². The molecule has 0 saturated heterocycles. The Kier molecular flexibility index (Phi) is 5.82. The van der Waals surface area contributed by atoms with Gasteiger partial charge in [0.05, 0.1) is 6.61 Å². The van der Waals surface area contributed by atoms with Crippen molar-refractivity contribution in [2.24, 2.45) is 5.73 Å². The number of nitrogens with one attached hydrogen (secondary N) is 1. The number of ether oxygens (including phenoxy) is 1. The van der Waals surface area contributed by atoms with Gasteiger partial charge in [0.15, 0.2) is 0 Å². The highest BCUT2D eigenvalue weighted by molar-refractivity contribution is 5.95. The molecule has 100 valence electrons. The summed E-state index contributed by atoms with van der Waals surface area (Å²) in [5.41, 5.74) is 8.73. The fourth-order valence-electron chi connectivity index (χ4n) is 1.85. The molecular formula is C14H23N3O. The predicted molar refractivity (Wildman–Crippen MR) is 75.0 cm³/mol. The van der Waals surface area contributed by atoms with E-state index in [0.717, 1.165) is 31.8 Å². The summed E-state index contributed by atoms with van der Waals surface area (Å²) >= 11 is 0.